The van der Waals surface area contributed by atoms with E-state index in [4.69, 9.17) is 9.15 Å². The van der Waals surface area contributed by atoms with Crippen LogP contribution in [-0.2, 0) is 22.5 Å². The highest BCUT2D eigenvalue weighted by atomic mass is 16.5. The van der Waals surface area contributed by atoms with Gasteiger partial charge < -0.3 is 14.5 Å². The minimum Gasteiger partial charge on any atom is -0.468 e. The summed E-state index contributed by atoms with van der Waals surface area (Å²) in [7, 11) is 0. The second-order valence-electron chi connectivity index (χ2n) is 8.73. The van der Waals surface area contributed by atoms with Crippen LogP contribution in [0.5, 0.6) is 0 Å². The molecule has 0 bridgehead atoms. The molecular formula is C25H29N3O3. The van der Waals surface area contributed by atoms with Gasteiger partial charge in [-0.25, -0.2) is 0 Å². The molecule has 2 atom stereocenters. The maximum Gasteiger partial charge on any atom is 0.223 e. The van der Waals surface area contributed by atoms with Gasteiger partial charge in [0.25, 0.3) is 0 Å². The lowest BCUT2D eigenvalue weighted by atomic mass is 9.91. The Balaban J connectivity index is 1.16. The fourth-order valence-corrected chi connectivity index (χ4v) is 4.85. The van der Waals surface area contributed by atoms with E-state index in [0.717, 1.165) is 50.2 Å². The van der Waals surface area contributed by atoms with Gasteiger partial charge in [0.2, 0.25) is 5.91 Å². The third kappa shape index (κ3) is 4.65. The average Bonchev–Trinajstić information content (AvgIpc) is 3.47. The molecule has 6 nitrogen and oxygen atoms in total. The van der Waals surface area contributed by atoms with Crippen LogP contribution < -0.4 is 5.32 Å². The minimum atomic E-state index is 0.0700. The first-order valence-electron chi connectivity index (χ1n) is 11.2. The number of piperidine rings is 1. The number of pyridine rings is 1. The molecule has 5 rings (SSSR count). The normalized spacial score (nSPS) is 22.7. The van der Waals surface area contributed by atoms with Crippen LogP contribution in [0.1, 0.15) is 24.2 Å². The maximum absolute atomic E-state index is 13.0. The largest absolute Gasteiger partial charge is 0.468 e. The van der Waals surface area contributed by atoms with Crippen LogP contribution in [0, 0.1) is 11.8 Å². The summed E-state index contributed by atoms with van der Waals surface area (Å²) in [6.45, 7) is 3.94. The van der Waals surface area contributed by atoms with Crippen molar-refractivity contribution < 1.29 is 13.9 Å². The second kappa shape index (κ2) is 9.20. The number of nitrogens with zero attached hydrogens (tertiary/aromatic N) is 2. The van der Waals surface area contributed by atoms with Crippen LogP contribution in [0.4, 0.5) is 0 Å². The number of para-hydroxylation sites is 1. The van der Waals surface area contributed by atoms with Crippen LogP contribution >= 0.6 is 0 Å². The zero-order valence-corrected chi connectivity index (χ0v) is 17.7. The summed E-state index contributed by atoms with van der Waals surface area (Å²) >= 11 is 0. The first kappa shape index (κ1) is 20.2. The molecule has 0 saturated carbocycles. The van der Waals surface area contributed by atoms with Crippen LogP contribution in [-0.4, -0.2) is 48.1 Å². The average molecular weight is 420 g/mol. The Bertz CT molecular complexity index is 1010. The number of carbonyl (C=O) groups excluding carboxylic acids is 1. The van der Waals surface area contributed by atoms with Crippen molar-refractivity contribution in [2.45, 2.75) is 31.8 Å². The van der Waals surface area contributed by atoms with Crippen molar-refractivity contribution >= 4 is 16.8 Å². The fraction of sp³-hybridized carbons (Fsp3) is 0.440. The van der Waals surface area contributed by atoms with Crippen molar-refractivity contribution in [3.63, 3.8) is 0 Å². The zero-order valence-electron chi connectivity index (χ0n) is 17.7. The summed E-state index contributed by atoms with van der Waals surface area (Å²) < 4.78 is 11.2. The lowest BCUT2D eigenvalue weighted by Crippen LogP contribution is -2.46. The highest BCUT2D eigenvalue weighted by Gasteiger charge is 2.33. The molecule has 162 valence electrons. The van der Waals surface area contributed by atoms with E-state index in [0.29, 0.717) is 13.2 Å². The number of fused-ring (bicyclic) bond motifs is 1. The van der Waals surface area contributed by atoms with Crippen LogP contribution in [0.15, 0.2) is 59.3 Å². The van der Waals surface area contributed by atoms with Gasteiger partial charge in [0.15, 0.2) is 0 Å². The molecular weight excluding hydrogens is 390 g/mol. The summed E-state index contributed by atoms with van der Waals surface area (Å²) in [5.41, 5.74) is 2.28. The number of rotatable bonds is 6. The molecule has 2 fully saturated rings. The molecule has 0 aliphatic carbocycles. The van der Waals surface area contributed by atoms with E-state index in [9.17, 15) is 4.79 Å². The topological polar surface area (TPSA) is 67.6 Å². The molecule has 2 aromatic heterocycles. The first-order valence-corrected chi connectivity index (χ1v) is 11.2. The number of hydrogen-bond acceptors (Lipinski definition) is 5. The molecule has 1 N–H and O–H groups in total. The lowest BCUT2D eigenvalue weighted by Gasteiger charge is -2.31. The maximum atomic E-state index is 13.0. The number of benzene rings is 1. The highest BCUT2D eigenvalue weighted by Crippen LogP contribution is 2.25. The number of carbonyl (C=O) groups is 1. The van der Waals surface area contributed by atoms with Gasteiger partial charge >= 0.3 is 0 Å². The van der Waals surface area contributed by atoms with Gasteiger partial charge in [0.05, 0.1) is 37.6 Å². The Kier molecular flexibility index (Phi) is 6.00. The molecule has 0 spiro atoms. The highest BCUT2D eigenvalue weighted by molar-refractivity contribution is 5.82. The van der Waals surface area contributed by atoms with E-state index in [-0.39, 0.29) is 23.8 Å². The second-order valence-corrected chi connectivity index (χ2v) is 8.73. The van der Waals surface area contributed by atoms with Crippen molar-refractivity contribution in [2.75, 3.05) is 26.3 Å². The van der Waals surface area contributed by atoms with Gasteiger partial charge in [-0.2, -0.15) is 0 Å². The SMILES string of the molecule is O=C(N[C@H]1COC[C@H]1Cc1ccnc2ccccc12)C1CCN(Cc2ccco2)CC1. The summed E-state index contributed by atoms with van der Waals surface area (Å²) in [6.07, 6.45) is 6.25. The number of hydrogen-bond donors (Lipinski definition) is 1. The molecule has 3 aromatic rings. The van der Waals surface area contributed by atoms with E-state index >= 15 is 0 Å². The predicted molar refractivity (Wildman–Crippen MR) is 118 cm³/mol. The van der Waals surface area contributed by atoms with Gasteiger partial charge in [0.1, 0.15) is 5.76 Å². The van der Waals surface area contributed by atoms with Crippen molar-refractivity contribution in [1.82, 2.24) is 15.2 Å². The monoisotopic (exact) mass is 419 g/mol. The van der Waals surface area contributed by atoms with Crippen molar-refractivity contribution in [2.24, 2.45) is 11.8 Å². The molecule has 1 amide bonds. The Hall–Kier alpha value is -2.70. The number of furan rings is 1. The van der Waals surface area contributed by atoms with Gasteiger partial charge in [-0.1, -0.05) is 18.2 Å². The number of amides is 1. The Labute approximate surface area is 182 Å². The minimum absolute atomic E-state index is 0.0700. The molecule has 0 radical (unpaired) electrons. The zero-order chi connectivity index (χ0) is 21.0. The summed E-state index contributed by atoms with van der Waals surface area (Å²) in [5.74, 6) is 1.53. The lowest BCUT2D eigenvalue weighted by molar-refractivity contribution is -0.127. The third-order valence-electron chi connectivity index (χ3n) is 6.67. The standard InChI is InChI=1S/C25H29N3O3/c29-25(18-8-11-28(12-9-18)15-21-4-3-13-31-21)27-24-17-30-16-20(24)14-19-7-10-26-23-6-2-1-5-22(19)23/h1-7,10,13,18,20,24H,8-9,11-12,14-17H2,(H,27,29)/t20-,24+/m1/s1. The molecule has 0 unspecified atom stereocenters. The van der Waals surface area contributed by atoms with Gasteiger partial charge in [-0.15, -0.1) is 0 Å². The van der Waals surface area contributed by atoms with Crippen molar-refractivity contribution in [1.29, 1.82) is 0 Å². The molecule has 6 heteroatoms. The van der Waals surface area contributed by atoms with E-state index in [1.165, 1.54) is 10.9 Å². The molecule has 31 heavy (non-hydrogen) atoms. The predicted octanol–water partition coefficient (Wildman–Crippen LogP) is 3.41. The number of ether oxygens (including phenoxy) is 1. The van der Waals surface area contributed by atoms with Gasteiger partial charge in [-0.3, -0.25) is 14.7 Å². The van der Waals surface area contributed by atoms with E-state index in [2.05, 4.69) is 33.4 Å². The number of aromatic nitrogens is 1. The summed E-state index contributed by atoms with van der Waals surface area (Å²) in [4.78, 5) is 19.8. The van der Waals surface area contributed by atoms with Crippen LogP contribution in [0.3, 0.4) is 0 Å². The number of likely N-dealkylation sites (tertiary alicyclic amines) is 1. The van der Waals surface area contributed by atoms with E-state index < -0.39 is 0 Å². The Morgan fingerprint density at radius 1 is 1.10 bits per heavy atom. The van der Waals surface area contributed by atoms with Gasteiger partial charge in [-0.05, 0) is 62.2 Å². The van der Waals surface area contributed by atoms with E-state index in [1.54, 1.807) is 6.26 Å². The summed E-state index contributed by atoms with van der Waals surface area (Å²) in [6, 6.07) is 14.3. The van der Waals surface area contributed by atoms with E-state index in [1.807, 2.05) is 30.5 Å². The molecule has 2 aliphatic rings. The number of nitrogens with one attached hydrogen (secondary N) is 1. The quantitative estimate of drug-likeness (QED) is 0.663. The molecule has 2 saturated heterocycles. The van der Waals surface area contributed by atoms with Gasteiger partial charge in [0, 0.05) is 23.4 Å². The Morgan fingerprint density at radius 3 is 2.81 bits per heavy atom. The Morgan fingerprint density at radius 2 is 1.97 bits per heavy atom. The summed E-state index contributed by atoms with van der Waals surface area (Å²) in [5, 5.41) is 4.50. The first-order chi connectivity index (χ1) is 15.3. The van der Waals surface area contributed by atoms with Crippen LogP contribution in [0.2, 0.25) is 0 Å². The fourth-order valence-electron chi connectivity index (χ4n) is 4.85. The smallest absolute Gasteiger partial charge is 0.223 e. The van der Waals surface area contributed by atoms with Crippen molar-refractivity contribution in [3.05, 3.63) is 66.2 Å². The third-order valence-corrected chi connectivity index (χ3v) is 6.67. The molecule has 1 aromatic carbocycles. The van der Waals surface area contributed by atoms with Crippen molar-refractivity contribution in [3.8, 4) is 0 Å². The van der Waals surface area contributed by atoms with Crippen LogP contribution in [0.25, 0.3) is 10.9 Å². The molecule has 2 aliphatic heterocycles. The molecule has 4 heterocycles.